The first-order valence-corrected chi connectivity index (χ1v) is 15.3. The van der Waals surface area contributed by atoms with Gasteiger partial charge in [0.05, 0.1) is 5.69 Å². The maximum atomic E-state index is 6.80. The highest BCUT2D eigenvalue weighted by Crippen LogP contribution is 2.56. The van der Waals surface area contributed by atoms with Gasteiger partial charge in [-0.15, -0.1) is 0 Å². The molecule has 2 heteroatoms. The van der Waals surface area contributed by atoms with Gasteiger partial charge in [-0.25, -0.2) is 0 Å². The van der Waals surface area contributed by atoms with Crippen LogP contribution in [0.4, 0.5) is 17.1 Å². The molecule has 0 saturated carbocycles. The fourth-order valence-electron chi connectivity index (χ4n) is 7.22. The molecule has 0 amide bonds. The van der Waals surface area contributed by atoms with Gasteiger partial charge in [-0.3, -0.25) is 0 Å². The molecule has 0 spiro atoms. The van der Waals surface area contributed by atoms with Crippen LogP contribution >= 0.6 is 0 Å². The van der Waals surface area contributed by atoms with Crippen molar-refractivity contribution in [1.82, 2.24) is 0 Å². The molecular weight excluding hydrogens is 522 g/mol. The molecule has 0 fully saturated rings. The zero-order chi connectivity index (χ0) is 28.8. The molecule has 2 aliphatic carbocycles. The fraction of sp³-hybridized carbons (Fsp3) is 0.122. The second kappa shape index (κ2) is 10.6. The Balaban J connectivity index is 1.34. The molecule has 1 aromatic heterocycles. The normalized spacial score (nSPS) is 17.3. The Labute approximate surface area is 253 Å². The van der Waals surface area contributed by atoms with E-state index in [4.69, 9.17) is 4.42 Å². The van der Waals surface area contributed by atoms with Gasteiger partial charge in [0.1, 0.15) is 11.3 Å². The summed E-state index contributed by atoms with van der Waals surface area (Å²) in [4.78, 5) is 2.39. The second-order valence-electron chi connectivity index (χ2n) is 11.6. The van der Waals surface area contributed by atoms with E-state index in [9.17, 15) is 0 Å². The number of hydrogen-bond donors (Lipinski definition) is 0. The topological polar surface area (TPSA) is 16.4 Å². The summed E-state index contributed by atoms with van der Waals surface area (Å²) in [6.45, 7) is 2.39. The summed E-state index contributed by atoms with van der Waals surface area (Å²) in [6, 6.07) is 45.6. The molecule has 0 aliphatic heterocycles. The highest BCUT2D eigenvalue weighted by Gasteiger charge is 2.38. The number of nitrogens with zero attached hydrogens (tertiary/aromatic N) is 1. The lowest BCUT2D eigenvalue weighted by molar-refractivity contribution is 0.574. The minimum absolute atomic E-state index is 0.267. The summed E-state index contributed by atoms with van der Waals surface area (Å²) in [5.41, 5.74) is 12.2. The Bertz CT molecular complexity index is 1980. The Morgan fingerprint density at radius 2 is 1.37 bits per heavy atom. The van der Waals surface area contributed by atoms with Crippen LogP contribution in [-0.2, 0) is 0 Å². The minimum Gasteiger partial charge on any atom is -0.456 e. The standard InChI is InChI=1S/C41H33NO/c1-28-38(31-16-7-3-8-17-31)34-20-11-12-21-35(34)41-39(28)40-36(22-13-23-37(40)43-41)42(32-18-9-4-10-19-32)33-26-24-30(25-27-33)29-14-5-2-6-15-29/h2-7,9-16,18-28,38H,8,17H2,1H3. The highest BCUT2D eigenvalue weighted by atomic mass is 16.3. The molecule has 5 aromatic carbocycles. The van der Waals surface area contributed by atoms with E-state index >= 15 is 0 Å². The zero-order valence-corrected chi connectivity index (χ0v) is 24.3. The number of para-hydroxylation sites is 1. The van der Waals surface area contributed by atoms with E-state index < -0.39 is 0 Å². The quantitative estimate of drug-likeness (QED) is 0.210. The van der Waals surface area contributed by atoms with Crippen molar-refractivity contribution in [2.24, 2.45) is 0 Å². The third-order valence-corrected chi connectivity index (χ3v) is 9.16. The van der Waals surface area contributed by atoms with E-state index in [1.807, 2.05) is 0 Å². The monoisotopic (exact) mass is 555 g/mol. The largest absolute Gasteiger partial charge is 0.456 e. The molecule has 8 rings (SSSR count). The predicted octanol–water partition coefficient (Wildman–Crippen LogP) is 11.7. The highest BCUT2D eigenvalue weighted by molar-refractivity contribution is 6.03. The Kier molecular flexibility index (Phi) is 6.34. The smallest absolute Gasteiger partial charge is 0.139 e. The van der Waals surface area contributed by atoms with Crippen LogP contribution in [0.3, 0.4) is 0 Å². The number of rotatable bonds is 5. The zero-order valence-electron chi connectivity index (χ0n) is 24.3. The lowest BCUT2D eigenvalue weighted by Crippen LogP contribution is -2.18. The first-order valence-electron chi connectivity index (χ1n) is 15.3. The number of anilines is 3. The molecule has 0 N–H and O–H groups in total. The number of fused-ring (bicyclic) bond motifs is 5. The van der Waals surface area contributed by atoms with E-state index in [2.05, 4.69) is 157 Å². The van der Waals surface area contributed by atoms with Gasteiger partial charge >= 0.3 is 0 Å². The predicted molar refractivity (Wildman–Crippen MR) is 179 cm³/mol. The third-order valence-electron chi connectivity index (χ3n) is 9.16. The van der Waals surface area contributed by atoms with Crippen molar-refractivity contribution < 1.29 is 4.42 Å². The summed E-state index contributed by atoms with van der Waals surface area (Å²) in [7, 11) is 0. The van der Waals surface area contributed by atoms with Crippen LogP contribution in [0, 0.1) is 0 Å². The van der Waals surface area contributed by atoms with Gasteiger partial charge in [0.25, 0.3) is 0 Å². The van der Waals surface area contributed by atoms with Crippen LogP contribution in [0.15, 0.2) is 156 Å². The molecule has 0 radical (unpaired) electrons. The number of furan rings is 1. The van der Waals surface area contributed by atoms with Gasteiger partial charge < -0.3 is 9.32 Å². The van der Waals surface area contributed by atoms with Crippen LogP contribution in [-0.4, -0.2) is 0 Å². The van der Waals surface area contributed by atoms with Crippen molar-refractivity contribution in [3.05, 3.63) is 162 Å². The SMILES string of the molecule is CC1c2c(oc3cccc(N(c4ccccc4)c4ccc(-c5ccccc5)cc4)c23)-c2ccccc2C1C1=CC=CCC1. The van der Waals surface area contributed by atoms with E-state index in [0.717, 1.165) is 41.2 Å². The van der Waals surface area contributed by atoms with Gasteiger partial charge in [0, 0.05) is 33.8 Å². The average Bonchev–Trinajstić information content (AvgIpc) is 3.48. The first kappa shape index (κ1) is 25.6. The molecule has 2 unspecified atom stereocenters. The first-order chi connectivity index (χ1) is 21.3. The number of hydrogen-bond acceptors (Lipinski definition) is 2. The lowest BCUT2D eigenvalue weighted by atomic mass is 9.69. The Morgan fingerprint density at radius 1 is 0.674 bits per heavy atom. The third kappa shape index (κ3) is 4.33. The van der Waals surface area contributed by atoms with E-state index in [-0.39, 0.29) is 5.92 Å². The molecule has 0 saturated heterocycles. The summed E-state index contributed by atoms with van der Waals surface area (Å²) in [6.07, 6.45) is 9.06. The summed E-state index contributed by atoms with van der Waals surface area (Å²) < 4.78 is 6.80. The minimum atomic E-state index is 0.267. The number of benzene rings is 5. The van der Waals surface area contributed by atoms with Gasteiger partial charge in [0.15, 0.2) is 0 Å². The maximum Gasteiger partial charge on any atom is 0.139 e. The molecule has 2 aliphatic rings. The van der Waals surface area contributed by atoms with Crippen LogP contribution in [0.5, 0.6) is 0 Å². The number of allylic oxidation sites excluding steroid dienone is 4. The summed E-state index contributed by atoms with van der Waals surface area (Å²) in [5.74, 6) is 1.60. The second-order valence-corrected chi connectivity index (χ2v) is 11.6. The van der Waals surface area contributed by atoms with Gasteiger partial charge in [-0.2, -0.15) is 0 Å². The van der Waals surface area contributed by atoms with Crippen molar-refractivity contribution >= 4 is 28.0 Å². The van der Waals surface area contributed by atoms with Crippen molar-refractivity contribution in [3.8, 4) is 22.5 Å². The molecule has 208 valence electrons. The molecule has 0 bridgehead atoms. The van der Waals surface area contributed by atoms with E-state index in [1.54, 1.807) is 0 Å². The lowest BCUT2D eigenvalue weighted by Gasteiger charge is -2.34. The molecule has 6 aromatic rings. The van der Waals surface area contributed by atoms with Crippen LogP contribution in [0.25, 0.3) is 33.4 Å². The Hall–Kier alpha value is -5.08. The van der Waals surface area contributed by atoms with Gasteiger partial charge in [-0.1, -0.05) is 122 Å². The van der Waals surface area contributed by atoms with Gasteiger partial charge in [-0.05, 0) is 71.8 Å². The van der Waals surface area contributed by atoms with Crippen molar-refractivity contribution in [2.45, 2.75) is 31.6 Å². The van der Waals surface area contributed by atoms with E-state index in [0.29, 0.717) is 5.92 Å². The molecule has 2 atom stereocenters. The van der Waals surface area contributed by atoms with Crippen molar-refractivity contribution in [3.63, 3.8) is 0 Å². The molecular formula is C41H33NO. The van der Waals surface area contributed by atoms with Crippen LogP contribution in [0.2, 0.25) is 0 Å². The van der Waals surface area contributed by atoms with Crippen molar-refractivity contribution in [2.75, 3.05) is 4.90 Å². The van der Waals surface area contributed by atoms with Crippen LogP contribution < -0.4 is 4.90 Å². The summed E-state index contributed by atoms with van der Waals surface area (Å²) in [5, 5.41) is 1.20. The summed E-state index contributed by atoms with van der Waals surface area (Å²) >= 11 is 0. The van der Waals surface area contributed by atoms with Crippen LogP contribution in [0.1, 0.15) is 42.7 Å². The average molecular weight is 556 g/mol. The van der Waals surface area contributed by atoms with Gasteiger partial charge in [0.2, 0.25) is 0 Å². The fourth-order valence-corrected chi connectivity index (χ4v) is 7.22. The molecule has 2 nitrogen and oxygen atoms in total. The molecule has 1 heterocycles. The maximum absolute atomic E-state index is 6.80. The molecule has 43 heavy (non-hydrogen) atoms. The Morgan fingerprint density at radius 3 is 2.14 bits per heavy atom. The van der Waals surface area contributed by atoms with E-state index in [1.165, 1.54) is 38.8 Å². The van der Waals surface area contributed by atoms with Crippen molar-refractivity contribution in [1.29, 1.82) is 0 Å².